The molecule has 4 heterocycles. The molecular formula is C50H28N4O2S. The van der Waals surface area contributed by atoms with Gasteiger partial charge in [0.1, 0.15) is 16.7 Å². The van der Waals surface area contributed by atoms with Crippen molar-refractivity contribution in [2.75, 3.05) is 0 Å². The zero-order valence-electron chi connectivity index (χ0n) is 30.2. The Morgan fingerprint density at radius 3 is 1.88 bits per heavy atom. The standard InChI is InChI=1S/C50H28N4O2S/c1-3-11-30(12-4-1)47-52-48(33-16-9-15-32(27-33)35-18-10-19-37-36-17-7-8-20-42(36)57-46(35)37)54-49(53-47)34-22-21-29-23-25-40-43(38(29)28-34)44-41(55-40)26-24-39-45(44)56-50(51-39)31-13-5-2-6-14-31/h1-28H. The van der Waals surface area contributed by atoms with E-state index in [9.17, 15) is 0 Å². The summed E-state index contributed by atoms with van der Waals surface area (Å²) in [5, 5.41) is 6.48. The second kappa shape index (κ2) is 12.5. The molecule has 0 bridgehead atoms. The molecule has 0 amide bonds. The van der Waals surface area contributed by atoms with Crippen molar-refractivity contribution in [1.82, 2.24) is 19.9 Å². The Kier molecular flexibility index (Phi) is 7.00. The van der Waals surface area contributed by atoms with Crippen LogP contribution in [0.1, 0.15) is 0 Å². The number of benzene rings is 8. The normalized spacial score (nSPS) is 11.9. The molecule has 7 heteroatoms. The first-order valence-electron chi connectivity index (χ1n) is 18.8. The smallest absolute Gasteiger partial charge is 0.227 e. The number of fused-ring (bicyclic) bond motifs is 10. The SMILES string of the molecule is c1ccc(-c2nc(-c3cccc(-c4cccc5c4sc4ccccc45)c3)nc(-c3ccc4ccc5oc6ccc7nc(-c8ccccc8)oc7c6c5c4c3)n2)cc1. The minimum atomic E-state index is 0.573. The molecule has 4 aromatic heterocycles. The van der Waals surface area contributed by atoms with Gasteiger partial charge in [0.05, 0.1) is 5.39 Å². The Bertz CT molecular complexity index is 3530. The summed E-state index contributed by atoms with van der Waals surface area (Å²) >= 11 is 1.83. The van der Waals surface area contributed by atoms with Crippen molar-refractivity contribution in [3.8, 4) is 56.7 Å². The highest BCUT2D eigenvalue weighted by molar-refractivity contribution is 7.26. The van der Waals surface area contributed by atoms with Gasteiger partial charge >= 0.3 is 0 Å². The quantitative estimate of drug-likeness (QED) is 0.174. The number of aromatic nitrogens is 4. The molecule has 0 aliphatic rings. The van der Waals surface area contributed by atoms with Crippen LogP contribution < -0.4 is 0 Å². The largest absolute Gasteiger partial charge is 0.456 e. The van der Waals surface area contributed by atoms with E-state index in [1.807, 2.05) is 90.2 Å². The summed E-state index contributed by atoms with van der Waals surface area (Å²) in [4.78, 5) is 20.2. The third kappa shape index (κ3) is 5.17. The molecule has 12 rings (SSSR count). The molecule has 8 aromatic carbocycles. The van der Waals surface area contributed by atoms with E-state index in [2.05, 4.69) is 91.0 Å². The summed E-state index contributed by atoms with van der Waals surface area (Å²) in [7, 11) is 0. The Morgan fingerprint density at radius 2 is 1.04 bits per heavy atom. The summed E-state index contributed by atoms with van der Waals surface area (Å²) in [6.07, 6.45) is 0. The zero-order chi connectivity index (χ0) is 37.5. The van der Waals surface area contributed by atoms with Crippen molar-refractivity contribution in [3.63, 3.8) is 0 Å². The van der Waals surface area contributed by atoms with Gasteiger partial charge in [-0.3, -0.25) is 0 Å². The van der Waals surface area contributed by atoms with Crippen LogP contribution >= 0.6 is 11.3 Å². The molecule has 0 fully saturated rings. The van der Waals surface area contributed by atoms with Crippen LogP contribution in [0.15, 0.2) is 179 Å². The van der Waals surface area contributed by atoms with Gasteiger partial charge in [0.25, 0.3) is 0 Å². The molecule has 266 valence electrons. The molecule has 0 aliphatic heterocycles. The third-order valence-electron chi connectivity index (χ3n) is 10.8. The number of thiophene rings is 1. The molecule has 0 spiro atoms. The zero-order valence-corrected chi connectivity index (χ0v) is 31.0. The topological polar surface area (TPSA) is 77.8 Å². The highest BCUT2D eigenvalue weighted by Gasteiger charge is 2.20. The lowest BCUT2D eigenvalue weighted by atomic mass is 10.00. The van der Waals surface area contributed by atoms with Crippen molar-refractivity contribution in [2.24, 2.45) is 0 Å². The molecule has 6 nitrogen and oxygen atoms in total. The maximum Gasteiger partial charge on any atom is 0.227 e. The van der Waals surface area contributed by atoms with Gasteiger partial charge in [0.2, 0.25) is 5.89 Å². The van der Waals surface area contributed by atoms with Crippen molar-refractivity contribution >= 4 is 75.3 Å². The average Bonchev–Trinajstić information content (AvgIpc) is 4.00. The second-order valence-electron chi connectivity index (χ2n) is 14.2. The molecule has 0 saturated carbocycles. The van der Waals surface area contributed by atoms with E-state index in [1.165, 1.54) is 25.7 Å². The predicted molar refractivity (Wildman–Crippen MR) is 232 cm³/mol. The number of oxazole rings is 1. The monoisotopic (exact) mass is 748 g/mol. The van der Waals surface area contributed by atoms with Crippen molar-refractivity contribution < 1.29 is 8.83 Å². The van der Waals surface area contributed by atoms with Gasteiger partial charge in [-0.25, -0.2) is 19.9 Å². The van der Waals surface area contributed by atoms with Gasteiger partial charge in [-0.15, -0.1) is 11.3 Å². The average molecular weight is 749 g/mol. The maximum atomic E-state index is 6.50. The Balaban J connectivity index is 1.04. The fourth-order valence-corrected chi connectivity index (χ4v) is 9.29. The number of furan rings is 1. The van der Waals surface area contributed by atoms with Gasteiger partial charge < -0.3 is 8.83 Å². The molecule has 0 atom stereocenters. The molecule has 0 aliphatic carbocycles. The van der Waals surface area contributed by atoms with Crippen LogP contribution in [0.25, 0.3) is 121 Å². The summed E-state index contributed by atoms with van der Waals surface area (Å²) in [5.74, 6) is 2.37. The molecule has 12 aromatic rings. The van der Waals surface area contributed by atoms with Crippen LogP contribution in [0.2, 0.25) is 0 Å². The van der Waals surface area contributed by atoms with E-state index < -0.39 is 0 Å². The first-order valence-corrected chi connectivity index (χ1v) is 19.6. The Labute approximate surface area is 329 Å². The number of hydrogen-bond acceptors (Lipinski definition) is 7. The van der Waals surface area contributed by atoms with Gasteiger partial charge in [0, 0.05) is 47.8 Å². The van der Waals surface area contributed by atoms with Crippen molar-refractivity contribution in [1.29, 1.82) is 0 Å². The van der Waals surface area contributed by atoms with E-state index in [0.717, 1.165) is 66.0 Å². The van der Waals surface area contributed by atoms with Crippen LogP contribution in [-0.2, 0) is 0 Å². The fraction of sp³-hybridized carbons (Fsp3) is 0. The Morgan fingerprint density at radius 1 is 0.404 bits per heavy atom. The van der Waals surface area contributed by atoms with Crippen LogP contribution in [0.4, 0.5) is 0 Å². The lowest BCUT2D eigenvalue weighted by Gasteiger charge is -2.11. The number of rotatable bonds is 5. The lowest BCUT2D eigenvalue weighted by molar-refractivity contribution is 0.622. The molecule has 0 saturated heterocycles. The van der Waals surface area contributed by atoms with E-state index >= 15 is 0 Å². The molecule has 0 radical (unpaired) electrons. The van der Waals surface area contributed by atoms with Crippen LogP contribution in [0, 0.1) is 0 Å². The number of hydrogen-bond donors (Lipinski definition) is 0. The predicted octanol–water partition coefficient (Wildman–Crippen LogP) is 13.8. The van der Waals surface area contributed by atoms with Crippen LogP contribution in [0.5, 0.6) is 0 Å². The minimum absolute atomic E-state index is 0.573. The molecule has 57 heavy (non-hydrogen) atoms. The highest BCUT2D eigenvalue weighted by Crippen LogP contribution is 2.42. The van der Waals surface area contributed by atoms with E-state index in [4.69, 9.17) is 28.8 Å². The highest BCUT2D eigenvalue weighted by atomic mass is 32.1. The maximum absolute atomic E-state index is 6.50. The van der Waals surface area contributed by atoms with E-state index in [-0.39, 0.29) is 0 Å². The van der Waals surface area contributed by atoms with E-state index in [0.29, 0.717) is 28.9 Å². The fourth-order valence-electron chi connectivity index (χ4n) is 8.05. The molecule has 0 N–H and O–H groups in total. The number of nitrogens with zero attached hydrogens (tertiary/aromatic N) is 4. The Hall–Kier alpha value is -7.48. The molecule has 0 unspecified atom stereocenters. The van der Waals surface area contributed by atoms with Crippen molar-refractivity contribution in [2.45, 2.75) is 0 Å². The first kappa shape index (κ1) is 31.8. The van der Waals surface area contributed by atoms with Gasteiger partial charge in [-0.2, -0.15) is 0 Å². The summed E-state index contributed by atoms with van der Waals surface area (Å²) in [6, 6.07) is 58.2. The summed E-state index contributed by atoms with van der Waals surface area (Å²) in [6.45, 7) is 0. The molecular weight excluding hydrogens is 721 g/mol. The van der Waals surface area contributed by atoms with Crippen LogP contribution in [0.3, 0.4) is 0 Å². The summed E-state index contributed by atoms with van der Waals surface area (Å²) < 4.78 is 15.5. The first-order chi connectivity index (χ1) is 28.2. The van der Waals surface area contributed by atoms with Gasteiger partial charge in [0.15, 0.2) is 23.1 Å². The van der Waals surface area contributed by atoms with Crippen LogP contribution in [-0.4, -0.2) is 19.9 Å². The van der Waals surface area contributed by atoms with Gasteiger partial charge in [-0.1, -0.05) is 121 Å². The third-order valence-corrected chi connectivity index (χ3v) is 12.0. The van der Waals surface area contributed by atoms with Crippen molar-refractivity contribution in [3.05, 3.63) is 170 Å². The lowest BCUT2D eigenvalue weighted by Crippen LogP contribution is -2.00. The second-order valence-corrected chi connectivity index (χ2v) is 15.2. The summed E-state index contributed by atoms with van der Waals surface area (Å²) in [5.41, 5.74) is 8.91. The van der Waals surface area contributed by atoms with Gasteiger partial charge in [-0.05, 0) is 70.4 Å². The van der Waals surface area contributed by atoms with E-state index in [1.54, 1.807) is 0 Å². The minimum Gasteiger partial charge on any atom is -0.456 e.